The molecule has 3 rings (SSSR count). The Morgan fingerprint density at radius 1 is 1.07 bits per heavy atom. The minimum Gasteiger partial charge on any atom is -0.363 e. The van der Waals surface area contributed by atoms with Crippen LogP contribution in [0.2, 0.25) is 0 Å². The molecule has 0 bridgehead atoms. The van der Waals surface area contributed by atoms with Gasteiger partial charge in [0.15, 0.2) is 5.11 Å². The van der Waals surface area contributed by atoms with E-state index in [1.165, 1.54) is 0 Å². The first-order valence-electron chi connectivity index (χ1n) is 9.09. The predicted octanol–water partition coefficient (Wildman–Crippen LogP) is 4.01. The van der Waals surface area contributed by atoms with Crippen LogP contribution in [-0.2, 0) is 0 Å². The summed E-state index contributed by atoms with van der Waals surface area (Å²) in [5.74, 6) is 1.61. The maximum Gasteiger partial charge on any atom is 0.224 e. The smallest absolute Gasteiger partial charge is 0.224 e. The molecule has 144 valence electrons. The highest BCUT2D eigenvalue weighted by Crippen LogP contribution is 2.22. The van der Waals surface area contributed by atoms with Crippen molar-refractivity contribution in [1.82, 2.24) is 15.3 Å². The SMILES string of the molecule is CN(C)c1ccnc(NC2CCC(NC(=S)Nc3ccc(Br)cc3)CC2)n1. The highest BCUT2D eigenvalue weighted by atomic mass is 79.9. The molecule has 1 saturated carbocycles. The summed E-state index contributed by atoms with van der Waals surface area (Å²) in [6.07, 6.45) is 6.05. The number of nitrogens with zero attached hydrogens (tertiary/aromatic N) is 3. The van der Waals surface area contributed by atoms with Crippen LogP contribution in [0.5, 0.6) is 0 Å². The molecule has 27 heavy (non-hydrogen) atoms. The molecule has 0 atom stereocenters. The maximum atomic E-state index is 5.45. The van der Waals surface area contributed by atoms with Gasteiger partial charge in [-0.2, -0.15) is 4.98 Å². The first kappa shape index (κ1) is 19.8. The second kappa shape index (κ2) is 9.32. The Bertz CT molecular complexity index is 759. The van der Waals surface area contributed by atoms with E-state index in [-0.39, 0.29) is 0 Å². The van der Waals surface area contributed by atoms with E-state index in [1.54, 1.807) is 6.20 Å². The number of nitrogens with one attached hydrogen (secondary N) is 3. The van der Waals surface area contributed by atoms with Crippen molar-refractivity contribution in [2.45, 2.75) is 37.8 Å². The predicted molar refractivity (Wildman–Crippen MR) is 120 cm³/mol. The Morgan fingerprint density at radius 2 is 1.74 bits per heavy atom. The minimum absolute atomic E-state index is 0.396. The summed E-state index contributed by atoms with van der Waals surface area (Å²) in [5, 5.41) is 10.8. The van der Waals surface area contributed by atoms with Crippen molar-refractivity contribution in [2.24, 2.45) is 0 Å². The normalized spacial score (nSPS) is 19.2. The zero-order chi connectivity index (χ0) is 19.2. The van der Waals surface area contributed by atoms with E-state index >= 15 is 0 Å². The largest absolute Gasteiger partial charge is 0.363 e. The molecule has 0 aliphatic heterocycles. The number of benzene rings is 1. The molecular weight excluding hydrogens is 424 g/mol. The zero-order valence-electron chi connectivity index (χ0n) is 15.6. The molecule has 1 aromatic heterocycles. The molecule has 0 amide bonds. The summed E-state index contributed by atoms with van der Waals surface area (Å²) in [6.45, 7) is 0. The number of anilines is 3. The number of halogens is 1. The van der Waals surface area contributed by atoms with Gasteiger partial charge in [0, 0.05) is 42.5 Å². The van der Waals surface area contributed by atoms with Gasteiger partial charge >= 0.3 is 0 Å². The standard InChI is InChI=1S/C19H25BrN6S/c1-26(2)17-11-12-21-18(25-17)22-14-7-9-16(10-8-14)24-19(27)23-15-5-3-13(20)4-6-15/h3-6,11-12,14,16H,7-10H2,1-2H3,(H,21,22,25)(H2,23,24,27). The lowest BCUT2D eigenvalue weighted by Gasteiger charge is -2.30. The van der Waals surface area contributed by atoms with Crippen molar-refractivity contribution in [1.29, 1.82) is 0 Å². The van der Waals surface area contributed by atoms with Crippen molar-refractivity contribution < 1.29 is 0 Å². The van der Waals surface area contributed by atoms with Gasteiger partial charge < -0.3 is 20.9 Å². The van der Waals surface area contributed by atoms with Gasteiger partial charge in [0.05, 0.1) is 0 Å². The number of hydrogen-bond acceptors (Lipinski definition) is 5. The van der Waals surface area contributed by atoms with Crippen molar-refractivity contribution >= 4 is 50.7 Å². The van der Waals surface area contributed by atoms with Crippen LogP contribution in [0.15, 0.2) is 41.0 Å². The second-order valence-corrected chi connectivity index (χ2v) is 8.26. The molecule has 1 aromatic carbocycles. The molecule has 8 heteroatoms. The van der Waals surface area contributed by atoms with Crippen LogP contribution < -0.4 is 20.9 Å². The minimum atomic E-state index is 0.396. The van der Waals surface area contributed by atoms with E-state index in [9.17, 15) is 0 Å². The molecule has 1 fully saturated rings. The van der Waals surface area contributed by atoms with E-state index in [0.29, 0.717) is 23.1 Å². The third-order valence-electron chi connectivity index (χ3n) is 4.60. The third-order valence-corrected chi connectivity index (χ3v) is 5.35. The Balaban J connectivity index is 1.44. The van der Waals surface area contributed by atoms with Gasteiger partial charge in [-0.15, -0.1) is 0 Å². The lowest BCUT2D eigenvalue weighted by atomic mass is 9.91. The van der Waals surface area contributed by atoms with Gasteiger partial charge in [0.2, 0.25) is 5.95 Å². The van der Waals surface area contributed by atoms with Gasteiger partial charge in [-0.1, -0.05) is 15.9 Å². The number of aromatic nitrogens is 2. The lowest BCUT2D eigenvalue weighted by molar-refractivity contribution is 0.387. The van der Waals surface area contributed by atoms with Gasteiger partial charge in [-0.3, -0.25) is 0 Å². The molecule has 2 aromatic rings. The molecule has 1 aliphatic rings. The maximum absolute atomic E-state index is 5.45. The molecule has 0 radical (unpaired) electrons. The summed E-state index contributed by atoms with van der Waals surface area (Å²) in [7, 11) is 3.96. The number of thiocarbonyl (C=S) groups is 1. The van der Waals surface area contributed by atoms with Crippen molar-refractivity contribution in [3.8, 4) is 0 Å². The first-order chi connectivity index (χ1) is 13.0. The second-order valence-electron chi connectivity index (χ2n) is 6.93. The zero-order valence-corrected chi connectivity index (χ0v) is 18.0. The average molecular weight is 449 g/mol. The number of hydrogen-bond donors (Lipinski definition) is 3. The quantitative estimate of drug-likeness (QED) is 0.596. The Hall–Kier alpha value is -1.93. The molecule has 0 spiro atoms. The van der Waals surface area contributed by atoms with Crippen molar-refractivity contribution in [3.05, 3.63) is 41.0 Å². The Kier molecular flexibility index (Phi) is 6.84. The molecule has 0 unspecified atom stereocenters. The molecule has 3 N–H and O–H groups in total. The average Bonchev–Trinajstić information content (AvgIpc) is 2.65. The van der Waals surface area contributed by atoms with Crippen LogP contribution in [0.4, 0.5) is 17.5 Å². The molecular formula is C19H25BrN6S. The van der Waals surface area contributed by atoms with Crippen molar-refractivity contribution in [2.75, 3.05) is 29.6 Å². The van der Waals surface area contributed by atoms with Crippen LogP contribution >= 0.6 is 28.1 Å². The van der Waals surface area contributed by atoms with Crippen molar-refractivity contribution in [3.63, 3.8) is 0 Å². The topological polar surface area (TPSA) is 65.1 Å². The Morgan fingerprint density at radius 3 is 2.41 bits per heavy atom. The lowest BCUT2D eigenvalue weighted by Crippen LogP contribution is -2.42. The monoisotopic (exact) mass is 448 g/mol. The number of rotatable bonds is 5. The summed E-state index contributed by atoms with van der Waals surface area (Å²) in [4.78, 5) is 10.9. The first-order valence-corrected chi connectivity index (χ1v) is 10.3. The fraction of sp³-hybridized carbons (Fsp3) is 0.421. The van der Waals surface area contributed by atoms with Gasteiger partial charge in [0.1, 0.15) is 5.82 Å². The van der Waals surface area contributed by atoms with Gasteiger partial charge in [-0.25, -0.2) is 4.98 Å². The fourth-order valence-corrected chi connectivity index (χ4v) is 3.67. The van der Waals surface area contributed by atoms with E-state index in [0.717, 1.165) is 41.7 Å². The molecule has 1 heterocycles. The van der Waals surface area contributed by atoms with Gasteiger partial charge in [0.25, 0.3) is 0 Å². The molecule has 0 saturated heterocycles. The highest BCUT2D eigenvalue weighted by Gasteiger charge is 2.22. The van der Waals surface area contributed by atoms with E-state index in [2.05, 4.69) is 41.8 Å². The summed E-state index contributed by atoms with van der Waals surface area (Å²) < 4.78 is 1.05. The van der Waals surface area contributed by atoms with Crippen LogP contribution in [0.3, 0.4) is 0 Å². The molecule has 1 aliphatic carbocycles. The highest BCUT2D eigenvalue weighted by molar-refractivity contribution is 9.10. The van der Waals surface area contributed by atoms with Crippen LogP contribution in [0.25, 0.3) is 0 Å². The molecule has 6 nitrogen and oxygen atoms in total. The van der Waals surface area contributed by atoms with E-state index in [1.807, 2.05) is 49.3 Å². The van der Waals surface area contributed by atoms with E-state index < -0.39 is 0 Å². The van der Waals surface area contributed by atoms with Gasteiger partial charge in [-0.05, 0) is 68.2 Å². The van der Waals surface area contributed by atoms with E-state index in [4.69, 9.17) is 12.2 Å². The summed E-state index contributed by atoms with van der Waals surface area (Å²) in [5.41, 5.74) is 0.990. The fourth-order valence-electron chi connectivity index (χ4n) is 3.12. The van der Waals surface area contributed by atoms with Crippen LogP contribution in [0.1, 0.15) is 25.7 Å². The Labute approximate surface area is 174 Å². The third kappa shape index (κ3) is 6.04. The van der Waals surface area contributed by atoms with Crippen LogP contribution in [0, 0.1) is 0 Å². The summed E-state index contributed by atoms with van der Waals surface area (Å²) >= 11 is 8.89. The summed E-state index contributed by atoms with van der Waals surface area (Å²) in [6, 6.07) is 10.7. The van der Waals surface area contributed by atoms with Crippen LogP contribution in [-0.4, -0.2) is 41.3 Å².